The molecule has 7 nitrogen and oxygen atoms in total. The average Bonchev–Trinajstić information content (AvgIpc) is 2.85. The highest BCUT2D eigenvalue weighted by atomic mass is 16.5. The molecule has 1 amide bonds. The number of carbonyl (C=O) groups excluding carboxylic acids is 1. The number of fused-ring (bicyclic) bond motifs is 1. The van der Waals surface area contributed by atoms with Gasteiger partial charge < -0.3 is 15.0 Å². The second-order valence-electron chi connectivity index (χ2n) is 8.48. The smallest absolute Gasteiger partial charge is 0.281 e. The van der Waals surface area contributed by atoms with Crippen molar-refractivity contribution in [2.75, 3.05) is 32.6 Å². The zero-order chi connectivity index (χ0) is 22.8. The van der Waals surface area contributed by atoms with Crippen molar-refractivity contribution in [2.45, 2.75) is 18.8 Å². The Balaban J connectivity index is 1.45. The Hall–Kier alpha value is -3.71. The highest BCUT2D eigenvalue weighted by molar-refractivity contribution is 6.05. The van der Waals surface area contributed by atoms with Crippen LogP contribution in [0.4, 0.5) is 11.5 Å². The van der Waals surface area contributed by atoms with Crippen molar-refractivity contribution in [3.63, 3.8) is 0 Å². The highest BCUT2D eigenvalue weighted by Gasteiger charge is 2.23. The first-order valence-electron chi connectivity index (χ1n) is 11.1. The summed E-state index contributed by atoms with van der Waals surface area (Å²) in [4.78, 5) is 24.0. The second kappa shape index (κ2) is 9.03. The summed E-state index contributed by atoms with van der Waals surface area (Å²) in [5, 5.41) is 7.30. The van der Waals surface area contributed by atoms with Crippen molar-refractivity contribution >= 4 is 23.5 Å². The van der Waals surface area contributed by atoms with Gasteiger partial charge in [0.2, 0.25) is 5.88 Å². The Bertz CT molecular complexity index is 1180. The number of ether oxygens (including phenoxy) is 1. The molecule has 0 aliphatic carbocycles. The SMILES string of the molecule is COc1ccc(-c2cc3c(c(Nc4ccc(C5CCN(C)CC5)cc4)n2)C(=O)[N]C=C3)cn1. The molecule has 2 aliphatic rings. The van der Waals surface area contributed by atoms with E-state index in [4.69, 9.17) is 9.72 Å². The highest BCUT2D eigenvalue weighted by Crippen LogP contribution is 2.32. The lowest BCUT2D eigenvalue weighted by Crippen LogP contribution is -2.29. The van der Waals surface area contributed by atoms with Crippen LogP contribution in [0.25, 0.3) is 17.3 Å². The molecule has 33 heavy (non-hydrogen) atoms. The second-order valence-corrected chi connectivity index (χ2v) is 8.48. The third-order valence-corrected chi connectivity index (χ3v) is 6.31. The molecule has 3 aromatic rings. The number of carbonyl (C=O) groups is 1. The molecule has 2 aromatic heterocycles. The fourth-order valence-electron chi connectivity index (χ4n) is 4.38. The molecule has 1 N–H and O–H groups in total. The van der Waals surface area contributed by atoms with Crippen molar-refractivity contribution in [2.24, 2.45) is 0 Å². The Morgan fingerprint density at radius 3 is 2.58 bits per heavy atom. The van der Waals surface area contributed by atoms with E-state index in [2.05, 4.69) is 51.8 Å². The summed E-state index contributed by atoms with van der Waals surface area (Å²) in [6.45, 7) is 2.26. The molecule has 2 aliphatic heterocycles. The Kier molecular flexibility index (Phi) is 5.79. The van der Waals surface area contributed by atoms with Crippen LogP contribution in [0.15, 0.2) is 54.9 Å². The number of piperidine rings is 1. The fourth-order valence-corrected chi connectivity index (χ4v) is 4.38. The standard InChI is InChI=1S/C26H26N5O2/c1-31-13-10-18(11-14-31)17-3-6-21(7-4-17)29-25-24-19(9-12-27-26(24)32)15-22(30-25)20-5-8-23(33-2)28-16-20/h3-9,12,15-16,18H,10-11,13-14H2,1-2H3,(H,29,30). The van der Waals surface area contributed by atoms with Gasteiger partial charge in [-0.15, -0.1) is 0 Å². The first kappa shape index (κ1) is 21.2. The normalized spacial score (nSPS) is 16.2. The zero-order valence-corrected chi connectivity index (χ0v) is 18.8. The van der Waals surface area contributed by atoms with Gasteiger partial charge >= 0.3 is 0 Å². The molecule has 1 radical (unpaired) electrons. The number of nitrogens with zero attached hydrogens (tertiary/aromatic N) is 4. The molecular weight excluding hydrogens is 414 g/mol. The van der Waals surface area contributed by atoms with Crippen LogP contribution in [-0.2, 0) is 0 Å². The lowest BCUT2D eigenvalue weighted by molar-refractivity contribution is 0.0965. The minimum Gasteiger partial charge on any atom is -0.481 e. The van der Waals surface area contributed by atoms with Crippen molar-refractivity contribution < 1.29 is 9.53 Å². The Morgan fingerprint density at radius 1 is 1.09 bits per heavy atom. The van der Waals surface area contributed by atoms with E-state index in [9.17, 15) is 4.79 Å². The van der Waals surface area contributed by atoms with Crippen LogP contribution in [0, 0.1) is 0 Å². The van der Waals surface area contributed by atoms with Crippen LogP contribution in [0.3, 0.4) is 0 Å². The number of amides is 1. The first-order chi connectivity index (χ1) is 16.1. The summed E-state index contributed by atoms with van der Waals surface area (Å²) in [6.07, 6.45) is 7.43. The predicted octanol–water partition coefficient (Wildman–Crippen LogP) is 4.43. The molecule has 1 aromatic carbocycles. The summed E-state index contributed by atoms with van der Waals surface area (Å²) in [6, 6.07) is 14.0. The van der Waals surface area contributed by atoms with Crippen LogP contribution in [0.1, 0.15) is 40.2 Å². The lowest BCUT2D eigenvalue weighted by atomic mass is 9.89. The van der Waals surface area contributed by atoms with Gasteiger partial charge in [0.1, 0.15) is 5.82 Å². The van der Waals surface area contributed by atoms with Crippen LogP contribution in [-0.4, -0.2) is 48.0 Å². The van der Waals surface area contributed by atoms with Crippen molar-refractivity contribution in [3.8, 4) is 17.1 Å². The number of rotatable bonds is 5. The van der Waals surface area contributed by atoms with Crippen LogP contribution in [0.5, 0.6) is 5.88 Å². The van der Waals surface area contributed by atoms with Gasteiger partial charge in [-0.1, -0.05) is 12.1 Å². The summed E-state index contributed by atoms with van der Waals surface area (Å²) < 4.78 is 5.16. The van der Waals surface area contributed by atoms with Gasteiger partial charge in [-0.3, -0.25) is 4.79 Å². The van der Waals surface area contributed by atoms with E-state index < -0.39 is 0 Å². The largest absolute Gasteiger partial charge is 0.481 e. The fraction of sp³-hybridized carbons (Fsp3) is 0.269. The Labute approximate surface area is 193 Å². The molecule has 0 saturated carbocycles. The van der Waals surface area contributed by atoms with Crippen molar-refractivity contribution in [1.29, 1.82) is 0 Å². The molecule has 4 heterocycles. The van der Waals surface area contributed by atoms with E-state index >= 15 is 0 Å². The monoisotopic (exact) mass is 440 g/mol. The lowest BCUT2D eigenvalue weighted by Gasteiger charge is -2.29. The van der Waals surface area contributed by atoms with Gasteiger partial charge in [0, 0.05) is 29.7 Å². The molecule has 0 bridgehead atoms. The molecule has 5 rings (SSSR count). The number of aromatic nitrogens is 2. The maximum Gasteiger partial charge on any atom is 0.281 e. The van der Waals surface area contributed by atoms with Gasteiger partial charge in [-0.25, -0.2) is 15.3 Å². The van der Waals surface area contributed by atoms with E-state index in [1.807, 2.05) is 18.2 Å². The van der Waals surface area contributed by atoms with E-state index in [1.54, 1.807) is 19.4 Å². The summed E-state index contributed by atoms with van der Waals surface area (Å²) in [7, 11) is 3.76. The predicted molar refractivity (Wildman–Crippen MR) is 129 cm³/mol. The van der Waals surface area contributed by atoms with E-state index in [1.165, 1.54) is 24.6 Å². The number of likely N-dealkylation sites (tertiary alicyclic amines) is 1. The molecule has 1 fully saturated rings. The van der Waals surface area contributed by atoms with Crippen LogP contribution >= 0.6 is 0 Å². The molecule has 7 heteroatoms. The quantitative estimate of drug-likeness (QED) is 0.632. The topological polar surface area (TPSA) is 81.5 Å². The van der Waals surface area contributed by atoms with E-state index in [0.29, 0.717) is 28.9 Å². The van der Waals surface area contributed by atoms with Gasteiger partial charge in [0.05, 0.1) is 18.4 Å². The van der Waals surface area contributed by atoms with Gasteiger partial charge in [0.25, 0.3) is 5.91 Å². The number of hydrogen-bond acceptors (Lipinski definition) is 6. The van der Waals surface area contributed by atoms with Crippen molar-refractivity contribution in [3.05, 3.63) is 71.6 Å². The van der Waals surface area contributed by atoms with Gasteiger partial charge in [-0.2, -0.15) is 0 Å². The van der Waals surface area contributed by atoms with E-state index in [-0.39, 0.29) is 5.91 Å². The third kappa shape index (κ3) is 4.45. The number of anilines is 2. The molecular formula is C26H26N5O2. The first-order valence-corrected chi connectivity index (χ1v) is 11.1. The molecule has 1 saturated heterocycles. The minimum atomic E-state index is -0.301. The van der Waals surface area contributed by atoms with E-state index in [0.717, 1.165) is 29.9 Å². The number of hydrogen-bond donors (Lipinski definition) is 1. The molecule has 167 valence electrons. The van der Waals surface area contributed by atoms with Crippen LogP contribution < -0.4 is 15.4 Å². The van der Waals surface area contributed by atoms with Gasteiger partial charge in [0.15, 0.2) is 0 Å². The van der Waals surface area contributed by atoms with Crippen LogP contribution in [0.2, 0.25) is 0 Å². The summed E-state index contributed by atoms with van der Waals surface area (Å²) >= 11 is 0. The molecule has 0 unspecified atom stereocenters. The third-order valence-electron chi connectivity index (χ3n) is 6.31. The number of benzene rings is 1. The number of pyridine rings is 2. The maximum atomic E-state index is 12.6. The summed E-state index contributed by atoms with van der Waals surface area (Å²) in [5.41, 5.74) is 5.05. The minimum absolute atomic E-state index is 0.301. The van der Waals surface area contributed by atoms with Gasteiger partial charge in [-0.05, 0) is 80.4 Å². The van der Waals surface area contributed by atoms with Crippen molar-refractivity contribution in [1.82, 2.24) is 20.2 Å². The maximum absolute atomic E-state index is 12.6. The summed E-state index contributed by atoms with van der Waals surface area (Å²) in [5.74, 6) is 1.32. The molecule has 0 atom stereocenters. The number of methoxy groups -OCH3 is 1. The average molecular weight is 441 g/mol. The molecule has 0 spiro atoms. The zero-order valence-electron chi connectivity index (χ0n) is 18.8. The number of nitrogens with one attached hydrogen (secondary N) is 1. The Morgan fingerprint density at radius 2 is 1.88 bits per heavy atom.